The lowest BCUT2D eigenvalue weighted by Gasteiger charge is -2.31. The number of hydrogen-bond donors (Lipinski definition) is 3. The van der Waals surface area contributed by atoms with Crippen molar-refractivity contribution in [2.24, 2.45) is 5.84 Å². The van der Waals surface area contributed by atoms with Gasteiger partial charge in [0.25, 0.3) is 0 Å². The van der Waals surface area contributed by atoms with Gasteiger partial charge in [-0.05, 0) is 0 Å². The number of rotatable bonds is 1. The second kappa shape index (κ2) is 4.24. The Bertz CT molecular complexity index is 164. The van der Waals surface area contributed by atoms with Crippen LogP contribution >= 0.6 is 0 Å². The molecule has 0 aromatic carbocycles. The number of nitrogens with one attached hydrogen (secondary N) is 1. The number of nitrogens with zero attached hydrogens (tertiary/aromatic N) is 1. The van der Waals surface area contributed by atoms with Crippen LogP contribution in [0.3, 0.4) is 0 Å². The summed E-state index contributed by atoms with van der Waals surface area (Å²) in [5.74, 6) is 4.95. The minimum absolute atomic E-state index is 0.0750. The van der Waals surface area contributed by atoms with Gasteiger partial charge in [0.2, 0.25) is 0 Å². The summed E-state index contributed by atoms with van der Waals surface area (Å²) in [5, 5.41) is 8.75. The van der Waals surface area contributed by atoms with Gasteiger partial charge in [-0.25, -0.2) is 10.6 Å². The van der Waals surface area contributed by atoms with E-state index in [-0.39, 0.29) is 18.7 Å². The first-order chi connectivity index (χ1) is 5.77. The van der Waals surface area contributed by atoms with E-state index in [1.807, 2.05) is 5.43 Å². The Balaban J connectivity index is 2.40. The Labute approximate surface area is 70.2 Å². The molecule has 6 nitrogen and oxygen atoms in total. The molecular formula is C6H13N3O3. The molecule has 2 amide bonds. The van der Waals surface area contributed by atoms with Gasteiger partial charge in [0.1, 0.15) is 0 Å². The monoisotopic (exact) mass is 175 g/mol. The molecule has 0 aromatic heterocycles. The average Bonchev–Trinajstić information content (AvgIpc) is 2.17. The predicted octanol–water partition coefficient (Wildman–Crippen LogP) is -1.74. The molecule has 1 fully saturated rings. The molecule has 1 rings (SSSR count). The molecule has 0 aromatic rings. The molecule has 1 heterocycles. The first kappa shape index (κ1) is 9.24. The van der Waals surface area contributed by atoms with Crippen LogP contribution < -0.4 is 11.3 Å². The molecule has 12 heavy (non-hydrogen) atoms. The third-order valence-corrected chi connectivity index (χ3v) is 1.75. The van der Waals surface area contributed by atoms with Crippen molar-refractivity contribution in [2.75, 3.05) is 26.3 Å². The van der Waals surface area contributed by atoms with Crippen molar-refractivity contribution < 1.29 is 14.6 Å². The first-order valence-corrected chi connectivity index (χ1v) is 3.76. The van der Waals surface area contributed by atoms with Crippen LogP contribution in [-0.2, 0) is 4.74 Å². The third-order valence-electron chi connectivity index (χ3n) is 1.75. The van der Waals surface area contributed by atoms with Crippen molar-refractivity contribution in [3.8, 4) is 0 Å². The number of nitrogens with two attached hydrogens (primary N) is 1. The second-order valence-corrected chi connectivity index (χ2v) is 2.57. The van der Waals surface area contributed by atoms with Gasteiger partial charge in [-0.1, -0.05) is 0 Å². The second-order valence-electron chi connectivity index (χ2n) is 2.57. The van der Waals surface area contributed by atoms with Crippen LogP contribution in [0.15, 0.2) is 0 Å². The Morgan fingerprint density at radius 1 is 1.83 bits per heavy atom. The van der Waals surface area contributed by atoms with Crippen molar-refractivity contribution in [3.05, 3.63) is 0 Å². The number of amides is 2. The number of carbonyl (C=O) groups is 1. The van der Waals surface area contributed by atoms with Crippen LogP contribution in [0.2, 0.25) is 0 Å². The summed E-state index contributed by atoms with van der Waals surface area (Å²) in [6.45, 7) is 1.27. The van der Waals surface area contributed by atoms with E-state index in [2.05, 4.69) is 0 Å². The zero-order chi connectivity index (χ0) is 8.97. The molecule has 0 bridgehead atoms. The maximum absolute atomic E-state index is 11.0. The summed E-state index contributed by atoms with van der Waals surface area (Å²) in [5.41, 5.74) is 2.03. The molecule has 1 aliphatic heterocycles. The third kappa shape index (κ3) is 2.07. The number of aliphatic hydroxyl groups is 1. The van der Waals surface area contributed by atoms with Crippen LogP contribution in [0.5, 0.6) is 0 Å². The van der Waals surface area contributed by atoms with Crippen molar-refractivity contribution in [2.45, 2.75) is 6.10 Å². The highest BCUT2D eigenvalue weighted by Crippen LogP contribution is 2.03. The number of carbonyl (C=O) groups excluding carboxylic acids is 1. The fourth-order valence-corrected chi connectivity index (χ4v) is 1.11. The van der Waals surface area contributed by atoms with Crippen LogP contribution in [0.25, 0.3) is 0 Å². The molecule has 1 aliphatic rings. The lowest BCUT2D eigenvalue weighted by molar-refractivity contribution is -0.0402. The van der Waals surface area contributed by atoms with Gasteiger partial charge in [0.15, 0.2) is 0 Å². The summed E-state index contributed by atoms with van der Waals surface area (Å²) in [6, 6.07) is -0.336. The number of aliphatic hydroxyl groups excluding tert-OH is 1. The quantitative estimate of drug-likeness (QED) is 0.251. The van der Waals surface area contributed by atoms with Crippen molar-refractivity contribution in [3.63, 3.8) is 0 Å². The molecule has 70 valence electrons. The molecule has 0 spiro atoms. The SMILES string of the molecule is NNC(=O)N1CCOC(CO)C1. The highest BCUT2D eigenvalue weighted by molar-refractivity contribution is 5.73. The largest absolute Gasteiger partial charge is 0.394 e. The zero-order valence-electron chi connectivity index (χ0n) is 6.69. The number of ether oxygens (including phenoxy) is 1. The Hall–Kier alpha value is -0.850. The van der Waals surface area contributed by atoms with Crippen LogP contribution in [0.1, 0.15) is 0 Å². The summed E-state index contributed by atoms with van der Waals surface area (Å²) < 4.78 is 5.14. The van der Waals surface area contributed by atoms with Gasteiger partial charge in [0, 0.05) is 6.54 Å². The van der Waals surface area contributed by atoms with E-state index in [4.69, 9.17) is 15.7 Å². The summed E-state index contributed by atoms with van der Waals surface area (Å²) >= 11 is 0. The van der Waals surface area contributed by atoms with Crippen LogP contribution in [0.4, 0.5) is 4.79 Å². The van der Waals surface area contributed by atoms with E-state index >= 15 is 0 Å². The van der Waals surface area contributed by atoms with E-state index in [1.54, 1.807) is 0 Å². The van der Waals surface area contributed by atoms with Crippen LogP contribution in [-0.4, -0.2) is 48.4 Å². The molecule has 0 radical (unpaired) electrons. The minimum Gasteiger partial charge on any atom is -0.394 e. The number of urea groups is 1. The summed E-state index contributed by atoms with van der Waals surface area (Å²) in [7, 11) is 0. The van der Waals surface area contributed by atoms with E-state index in [9.17, 15) is 4.79 Å². The molecule has 4 N–H and O–H groups in total. The van der Waals surface area contributed by atoms with Gasteiger partial charge in [-0.3, -0.25) is 5.43 Å². The molecule has 0 saturated carbocycles. The normalized spacial score (nSPS) is 23.8. The fourth-order valence-electron chi connectivity index (χ4n) is 1.11. The van der Waals surface area contributed by atoms with Gasteiger partial charge >= 0.3 is 6.03 Å². The first-order valence-electron chi connectivity index (χ1n) is 3.76. The maximum atomic E-state index is 11.0. The molecular weight excluding hydrogens is 162 g/mol. The van der Waals surface area contributed by atoms with Gasteiger partial charge in [-0.2, -0.15) is 0 Å². The summed E-state index contributed by atoms with van der Waals surface area (Å²) in [6.07, 6.45) is -0.281. The van der Waals surface area contributed by atoms with Gasteiger partial charge in [0.05, 0.1) is 25.9 Å². The standard InChI is InChI=1S/C6H13N3O3/c7-8-6(11)9-1-2-12-5(3-9)4-10/h5,10H,1-4,7H2,(H,8,11). The number of hydrogen-bond acceptors (Lipinski definition) is 4. The average molecular weight is 175 g/mol. The highest BCUT2D eigenvalue weighted by atomic mass is 16.5. The lowest BCUT2D eigenvalue weighted by atomic mass is 10.3. The van der Waals surface area contributed by atoms with E-state index in [1.165, 1.54) is 4.90 Å². The zero-order valence-corrected chi connectivity index (χ0v) is 6.69. The lowest BCUT2D eigenvalue weighted by Crippen LogP contribution is -2.52. The molecule has 6 heteroatoms. The minimum atomic E-state index is -0.336. The smallest absolute Gasteiger partial charge is 0.331 e. The van der Waals surface area contributed by atoms with E-state index in [0.717, 1.165) is 0 Å². The van der Waals surface area contributed by atoms with Crippen molar-refractivity contribution in [1.29, 1.82) is 0 Å². The molecule has 0 aliphatic carbocycles. The summed E-state index contributed by atoms with van der Waals surface area (Å²) in [4.78, 5) is 12.5. The van der Waals surface area contributed by atoms with Gasteiger partial charge < -0.3 is 14.7 Å². The highest BCUT2D eigenvalue weighted by Gasteiger charge is 2.22. The Kier molecular flexibility index (Phi) is 3.27. The Morgan fingerprint density at radius 3 is 3.17 bits per heavy atom. The van der Waals surface area contributed by atoms with Crippen LogP contribution in [0, 0.1) is 0 Å². The molecule has 1 saturated heterocycles. The number of hydrazine groups is 1. The van der Waals surface area contributed by atoms with E-state index in [0.29, 0.717) is 19.7 Å². The molecule has 1 atom stereocenters. The fraction of sp³-hybridized carbons (Fsp3) is 0.833. The van der Waals surface area contributed by atoms with Crippen molar-refractivity contribution in [1.82, 2.24) is 10.3 Å². The van der Waals surface area contributed by atoms with E-state index < -0.39 is 0 Å². The topological polar surface area (TPSA) is 87.8 Å². The Morgan fingerprint density at radius 2 is 2.58 bits per heavy atom. The maximum Gasteiger partial charge on any atom is 0.331 e. The van der Waals surface area contributed by atoms with Gasteiger partial charge in [-0.15, -0.1) is 0 Å². The van der Waals surface area contributed by atoms with Crippen molar-refractivity contribution >= 4 is 6.03 Å². The molecule has 1 unspecified atom stereocenters. The number of morpholine rings is 1. The predicted molar refractivity (Wildman–Crippen MR) is 41.1 cm³/mol.